The number of rotatable bonds is 10. The van der Waals surface area contributed by atoms with Crippen molar-refractivity contribution >= 4 is 43.1 Å². The molecule has 1 heterocycles. The summed E-state index contributed by atoms with van der Waals surface area (Å²) in [6, 6.07) is 15.6. The predicted octanol–water partition coefficient (Wildman–Crippen LogP) is 3.07. The molecule has 12 heteroatoms. The van der Waals surface area contributed by atoms with Gasteiger partial charge in [-0.05, 0) is 74.5 Å². The number of pyridine rings is 1. The third-order valence-electron chi connectivity index (χ3n) is 4.83. The number of nitrogens with one attached hydrogen (secondary N) is 2. The summed E-state index contributed by atoms with van der Waals surface area (Å²) in [5, 5.41) is 2.63. The normalized spacial score (nSPS) is 12.4. The zero-order chi connectivity index (χ0) is 25.6. The van der Waals surface area contributed by atoms with Crippen molar-refractivity contribution in [2.24, 2.45) is 0 Å². The molecule has 186 valence electrons. The van der Waals surface area contributed by atoms with Gasteiger partial charge in [0.1, 0.15) is 17.6 Å². The van der Waals surface area contributed by atoms with Crippen LogP contribution in [0.4, 0.5) is 17.2 Å². The van der Waals surface area contributed by atoms with Crippen LogP contribution >= 0.6 is 0 Å². The standard InChI is InChI=1S/C23H26N4O6S2/c1-4-33-20-12-10-19(11-13-20)27(34(3,29)30)17(2)23(28)25-18-8-14-21(15-9-18)35(31,32)26-22-7-5-6-16-24-22/h5-17H,4H2,1-3H3,(H,24,26)(H,25,28)/t17-/m1/s1. The molecule has 0 fully saturated rings. The number of sulfonamides is 2. The van der Waals surface area contributed by atoms with Crippen LogP contribution in [0, 0.1) is 0 Å². The highest BCUT2D eigenvalue weighted by Crippen LogP contribution is 2.25. The third kappa shape index (κ3) is 6.70. The van der Waals surface area contributed by atoms with Gasteiger partial charge < -0.3 is 10.1 Å². The van der Waals surface area contributed by atoms with E-state index in [9.17, 15) is 21.6 Å². The quantitative estimate of drug-likeness (QED) is 0.421. The smallest absolute Gasteiger partial charge is 0.263 e. The van der Waals surface area contributed by atoms with Crippen LogP contribution in [0.2, 0.25) is 0 Å². The summed E-state index contributed by atoms with van der Waals surface area (Å²) >= 11 is 0. The van der Waals surface area contributed by atoms with E-state index in [1.54, 1.807) is 36.4 Å². The number of aromatic nitrogens is 1. The van der Waals surface area contributed by atoms with E-state index in [-0.39, 0.29) is 10.7 Å². The second-order valence-corrected chi connectivity index (χ2v) is 11.0. The topological polar surface area (TPSA) is 135 Å². The maximum Gasteiger partial charge on any atom is 0.263 e. The number of amides is 1. The highest BCUT2D eigenvalue weighted by molar-refractivity contribution is 7.92. The maximum atomic E-state index is 12.9. The number of hydrogen-bond acceptors (Lipinski definition) is 7. The summed E-state index contributed by atoms with van der Waals surface area (Å²) in [4.78, 5) is 16.8. The molecule has 1 aromatic heterocycles. The lowest BCUT2D eigenvalue weighted by atomic mass is 10.2. The molecule has 3 aromatic rings. The summed E-state index contributed by atoms with van der Waals surface area (Å²) in [5.74, 6) is 0.162. The number of ether oxygens (including phenoxy) is 1. The Morgan fingerprint density at radius 1 is 1.00 bits per heavy atom. The summed E-state index contributed by atoms with van der Waals surface area (Å²) in [7, 11) is -7.67. The molecule has 0 spiro atoms. The molecule has 2 N–H and O–H groups in total. The van der Waals surface area contributed by atoms with Crippen LogP contribution in [0.1, 0.15) is 13.8 Å². The van der Waals surface area contributed by atoms with E-state index >= 15 is 0 Å². The Bertz CT molecular complexity index is 1360. The third-order valence-corrected chi connectivity index (χ3v) is 7.44. The molecule has 3 rings (SSSR count). The molecule has 0 aliphatic heterocycles. The average molecular weight is 519 g/mol. The Morgan fingerprint density at radius 3 is 2.20 bits per heavy atom. The zero-order valence-corrected chi connectivity index (χ0v) is 21.0. The van der Waals surface area contributed by atoms with Crippen molar-refractivity contribution in [3.8, 4) is 5.75 Å². The molecular formula is C23H26N4O6S2. The van der Waals surface area contributed by atoms with Gasteiger partial charge in [-0.1, -0.05) is 6.07 Å². The van der Waals surface area contributed by atoms with Gasteiger partial charge in [0.2, 0.25) is 15.9 Å². The largest absolute Gasteiger partial charge is 0.494 e. The zero-order valence-electron chi connectivity index (χ0n) is 19.4. The summed E-state index contributed by atoms with van der Waals surface area (Å²) in [6.07, 6.45) is 2.48. The number of carbonyl (C=O) groups excluding carboxylic acids is 1. The van der Waals surface area contributed by atoms with E-state index in [1.165, 1.54) is 43.5 Å². The maximum absolute atomic E-state index is 12.9. The molecule has 0 aliphatic carbocycles. The fraction of sp³-hybridized carbons (Fsp3) is 0.217. The predicted molar refractivity (Wildman–Crippen MR) is 135 cm³/mol. The van der Waals surface area contributed by atoms with Gasteiger partial charge in [0.25, 0.3) is 10.0 Å². The number of carbonyl (C=O) groups is 1. The van der Waals surface area contributed by atoms with E-state index < -0.39 is 32.0 Å². The first-order valence-corrected chi connectivity index (χ1v) is 13.9. The van der Waals surface area contributed by atoms with Crippen LogP contribution in [-0.4, -0.2) is 46.6 Å². The lowest BCUT2D eigenvalue weighted by Crippen LogP contribution is -2.45. The van der Waals surface area contributed by atoms with Crippen molar-refractivity contribution in [2.75, 3.05) is 27.2 Å². The van der Waals surface area contributed by atoms with E-state index in [0.29, 0.717) is 23.7 Å². The molecule has 0 unspecified atom stereocenters. The van der Waals surface area contributed by atoms with Gasteiger partial charge in [0.05, 0.1) is 23.4 Å². The fourth-order valence-corrected chi connectivity index (χ4v) is 5.43. The Morgan fingerprint density at radius 2 is 1.66 bits per heavy atom. The first-order valence-electron chi connectivity index (χ1n) is 10.6. The van der Waals surface area contributed by atoms with Crippen molar-refractivity contribution in [2.45, 2.75) is 24.8 Å². The first-order chi connectivity index (χ1) is 16.5. The van der Waals surface area contributed by atoms with Gasteiger partial charge in [0.15, 0.2) is 0 Å². The van der Waals surface area contributed by atoms with Crippen molar-refractivity contribution in [3.63, 3.8) is 0 Å². The van der Waals surface area contributed by atoms with E-state index in [1.807, 2.05) is 6.92 Å². The lowest BCUT2D eigenvalue weighted by molar-refractivity contribution is -0.116. The highest BCUT2D eigenvalue weighted by Gasteiger charge is 2.29. The second-order valence-electron chi connectivity index (χ2n) is 7.50. The molecule has 0 saturated heterocycles. The van der Waals surface area contributed by atoms with E-state index in [0.717, 1.165) is 10.6 Å². The number of benzene rings is 2. The fourth-order valence-electron chi connectivity index (χ4n) is 3.25. The SMILES string of the molecule is CCOc1ccc(N([C@H](C)C(=O)Nc2ccc(S(=O)(=O)Nc3ccccn3)cc2)S(C)(=O)=O)cc1. The molecule has 35 heavy (non-hydrogen) atoms. The first kappa shape index (κ1) is 26.0. The number of anilines is 3. The monoisotopic (exact) mass is 518 g/mol. The van der Waals surface area contributed by atoms with Gasteiger partial charge in [-0.15, -0.1) is 0 Å². The van der Waals surface area contributed by atoms with Crippen LogP contribution < -0.4 is 19.1 Å². The second kappa shape index (κ2) is 10.7. The van der Waals surface area contributed by atoms with E-state index in [2.05, 4.69) is 15.0 Å². The van der Waals surface area contributed by atoms with Crippen LogP contribution in [-0.2, 0) is 24.8 Å². The number of hydrogen-bond donors (Lipinski definition) is 2. The minimum absolute atomic E-state index is 0.0265. The van der Waals surface area contributed by atoms with Crippen molar-refractivity contribution in [1.82, 2.24) is 4.98 Å². The molecular weight excluding hydrogens is 492 g/mol. The Labute approximate surface area is 205 Å². The molecule has 0 radical (unpaired) electrons. The molecule has 1 amide bonds. The van der Waals surface area contributed by atoms with E-state index in [4.69, 9.17) is 4.74 Å². The van der Waals surface area contributed by atoms with Crippen molar-refractivity contribution < 1.29 is 26.4 Å². The Kier molecular flexibility index (Phi) is 7.97. The van der Waals surface area contributed by atoms with Crippen LogP contribution in [0.5, 0.6) is 5.75 Å². The minimum atomic E-state index is -3.87. The van der Waals surface area contributed by atoms with Gasteiger partial charge in [-0.2, -0.15) is 0 Å². The van der Waals surface area contributed by atoms with Gasteiger partial charge in [-0.3, -0.25) is 13.8 Å². The molecule has 10 nitrogen and oxygen atoms in total. The molecule has 0 aliphatic rings. The summed E-state index contributed by atoms with van der Waals surface area (Å²) in [5.41, 5.74) is 0.611. The van der Waals surface area contributed by atoms with Crippen LogP contribution in [0.3, 0.4) is 0 Å². The molecule has 2 aromatic carbocycles. The molecule has 0 bridgehead atoms. The number of nitrogens with zero attached hydrogens (tertiary/aromatic N) is 2. The van der Waals surface area contributed by atoms with Crippen LogP contribution in [0.25, 0.3) is 0 Å². The molecule has 1 atom stereocenters. The van der Waals surface area contributed by atoms with Gasteiger partial charge >= 0.3 is 0 Å². The van der Waals surface area contributed by atoms with Gasteiger partial charge in [-0.25, -0.2) is 21.8 Å². The lowest BCUT2D eigenvalue weighted by Gasteiger charge is -2.28. The van der Waals surface area contributed by atoms with Crippen molar-refractivity contribution in [3.05, 3.63) is 72.9 Å². The Hall–Kier alpha value is -3.64. The van der Waals surface area contributed by atoms with Crippen molar-refractivity contribution in [1.29, 1.82) is 0 Å². The highest BCUT2D eigenvalue weighted by atomic mass is 32.2. The van der Waals surface area contributed by atoms with Gasteiger partial charge in [0, 0.05) is 11.9 Å². The minimum Gasteiger partial charge on any atom is -0.494 e. The molecule has 0 saturated carbocycles. The summed E-state index contributed by atoms with van der Waals surface area (Å²) < 4.78 is 58.8. The van der Waals surface area contributed by atoms with Crippen LogP contribution in [0.15, 0.2) is 77.8 Å². The summed E-state index contributed by atoms with van der Waals surface area (Å²) in [6.45, 7) is 3.76. The average Bonchev–Trinajstić information content (AvgIpc) is 2.80. The Balaban J connectivity index is 1.75.